The maximum absolute atomic E-state index is 5.04. The highest BCUT2D eigenvalue weighted by Gasteiger charge is 2.00. The van der Waals surface area contributed by atoms with Crippen LogP contribution in [0.1, 0.15) is 18.9 Å². The molecule has 1 rings (SSSR count). The molecule has 0 spiro atoms. The molecule has 0 aliphatic rings. The van der Waals surface area contributed by atoms with Gasteiger partial charge in [-0.25, -0.2) is 0 Å². The van der Waals surface area contributed by atoms with Crippen molar-refractivity contribution < 1.29 is 4.74 Å². The molecule has 84 valence electrons. The van der Waals surface area contributed by atoms with Crippen molar-refractivity contribution in [2.24, 2.45) is 0 Å². The quantitative estimate of drug-likeness (QED) is 0.814. The lowest BCUT2D eigenvalue weighted by atomic mass is 10.2. The zero-order chi connectivity index (χ0) is 11.1. The average molecular weight is 319 g/mol. The molecule has 1 aromatic carbocycles. The number of benzene rings is 1. The Bertz CT molecular complexity index is 273. The second-order valence-electron chi connectivity index (χ2n) is 3.69. The predicted octanol–water partition coefficient (Wildman–Crippen LogP) is 2.81. The van der Waals surface area contributed by atoms with E-state index in [9.17, 15) is 0 Å². The van der Waals surface area contributed by atoms with Crippen LogP contribution in [0.3, 0.4) is 0 Å². The molecule has 0 saturated heterocycles. The fraction of sp³-hybridized carbons (Fsp3) is 0.500. The van der Waals surface area contributed by atoms with Crippen LogP contribution in [0.4, 0.5) is 0 Å². The van der Waals surface area contributed by atoms with Crippen molar-refractivity contribution in [3.05, 3.63) is 33.4 Å². The van der Waals surface area contributed by atoms with Crippen LogP contribution < -0.4 is 5.32 Å². The maximum atomic E-state index is 5.04. The van der Waals surface area contributed by atoms with Gasteiger partial charge in [-0.15, -0.1) is 0 Å². The highest BCUT2D eigenvalue weighted by atomic mass is 127. The third-order valence-corrected chi connectivity index (χ3v) is 3.04. The Labute approximate surface area is 106 Å². The third kappa shape index (κ3) is 5.49. The summed E-state index contributed by atoms with van der Waals surface area (Å²) in [7, 11) is 1.74. The van der Waals surface area contributed by atoms with Gasteiger partial charge in [0.05, 0.1) is 0 Å². The van der Waals surface area contributed by atoms with E-state index in [1.54, 1.807) is 7.11 Å². The van der Waals surface area contributed by atoms with Crippen LogP contribution in [0.25, 0.3) is 0 Å². The molecule has 1 atom stereocenters. The van der Waals surface area contributed by atoms with Crippen LogP contribution in [-0.4, -0.2) is 19.8 Å². The lowest BCUT2D eigenvalue weighted by Crippen LogP contribution is -2.26. The topological polar surface area (TPSA) is 21.3 Å². The predicted molar refractivity (Wildman–Crippen MR) is 72.0 cm³/mol. The van der Waals surface area contributed by atoms with Gasteiger partial charge in [0.2, 0.25) is 0 Å². The lowest BCUT2D eigenvalue weighted by Gasteiger charge is -2.13. The molecule has 0 aromatic heterocycles. The summed E-state index contributed by atoms with van der Waals surface area (Å²) in [5.74, 6) is 0. The molecule has 1 N–H and O–H groups in total. The summed E-state index contributed by atoms with van der Waals surface area (Å²) in [5.41, 5.74) is 1.33. The molecule has 0 aliphatic heterocycles. The van der Waals surface area contributed by atoms with Crippen LogP contribution in [0.2, 0.25) is 0 Å². The van der Waals surface area contributed by atoms with Gasteiger partial charge < -0.3 is 10.1 Å². The molecule has 1 unspecified atom stereocenters. The van der Waals surface area contributed by atoms with Gasteiger partial charge in [-0.1, -0.05) is 12.1 Å². The summed E-state index contributed by atoms with van der Waals surface area (Å²) < 4.78 is 6.32. The molecule has 0 aliphatic carbocycles. The van der Waals surface area contributed by atoms with Crippen molar-refractivity contribution in [1.82, 2.24) is 5.32 Å². The van der Waals surface area contributed by atoms with Gasteiger partial charge in [0.25, 0.3) is 0 Å². The van der Waals surface area contributed by atoms with Crippen LogP contribution in [0.15, 0.2) is 24.3 Å². The summed E-state index contributed by atoms with van der Waals surface area (Å²) in [6.45, 7) is 3.94. The van der Waals surface area contributed by atoms with Crippen molar-refractivity contribution >= 4 is 22.6 Å². The molecule has 2 nitrogen and oxygen atoms in total. The largest absolute Gasteiger partial charge is 0.385 e. The van der Waals surface area contributed by atoms with Crippen LogP contribution >= 0.6 is 22.6 Å². The van der Waals surface area contributed by atoms with Crippen LogP contribution in [0, 0.1) is 3.57 Å². The SMILES string of the molecule is COCCC(C)NCc1ccc(I)cc1. The van der Waals surface area contributed by atoms with E-state index in [1.165, 1.54) is 9.13 Å². The van der Waals surface area contributed by atoms with Crippen LogP contribution in [-0.2, 0) is 11.3 Å². The van der Waals surface area contributed by atoms with Crippen molar-refractivity contribution in [1.29, 1.82) is 0 Å². The van der Waals surface area contributed by atoms with E-state index in [-0.39, 0.29) is 0 Å². The van der Waals surface area contributed by atoms with E-state index in [4.69, 9.17) is 4.74 Å². The fourth-order valence-electron chi connectivity index (χ4n) is 1.29. The van der Waals surface area contributed by atoms with Gasteiger partial charge >= 0.3 is 0 Å². The van der Waals surface area contributed by atoms with Crippen molar-refractivity contribution in [2.75, 3.05) is 13.7 Å². The van der Waals surface area contributed by atoms with Gasteiger partial charge in [-0.2, -0.15) is 0 Å². The minimum absolute atomic E-state index is 0.504. The zero-order valence-corrected chi connectivity index (χ0v) is 11.5. The molecule has 15 heavy (non-hydrogen) atoms. The van der Waals surface area contributed by atoms with E-state index < -0.39 is 0 Å². The van der Waals surface area contributed by atoms with Crippen molar-refractivity contribution in [3.63, 3.8) is 0 Å². The molecule has 1 aromatic rings. The first kappa shape index (κ1) is 12.9. The Morgan fingerprint density at radius 3 is 2.60 bits per heavy atom. The van der Waals surface area contributed by atoms with Gasteiger partial charge in [-0.05, 0) is 53.6 Å². The Hall–Kier alpha value is -0.130. The number of hydrogen-bond acceptors (Lipinski definition) is 2. The normalized spacial score (nSPS) is 12.7. The van der Waals surface area contributed by atoms with Crippen molar-refractivity contribution in [2.45, 2.75) is 25.9 Å². The number of ether oxygens (including phenoxy) is 1. The molecule has 0 amide bonds. The van der Waals surface area contributed by atoms with Crippen LogP contribution in [0.5, 0.6) is 0 Å². The minimum Gasteiger partial charge on any atom is -0.385 e. The average Bonchev–Trinajstić information content (AvgIpc) is 2.25. The number of methoxy groups -OCH3 is 1. The molecule has 0 heterocycles. The zero-order valence-electron chi connectivity index (χ0n) is 9.29. The van der Waals surface area contributed by atoms with E-state index in [0.717, 1.165) is 19.6 Å². The Morgan fingerprint density at radius 2 is 2.00 bits per heavy atom. The Kier molecular flexibility index (Phi) is 6.20. The lowest BCUT2D eigenvalue weighted by molar-refractivity contribution is 0.184. The summed E-state index contributed by atoms with van der Waals surface area (Å²) in [6.07, 6.45) is 1.06. The number of hydrogen-bond donors (Lipinski definition) is 1. The Balaban J connectivity index is 2.27. The minimum atomic E-state index is 0.504. The van der Waals surface area contributed by atoms with Crippen molar-refractivity contribution in [3.8, 4) is 0 Å². The molecular formula is C12H18INO. The van der Waals surface area contributed by atoms with E-state index >= 15 is 0 Å². The smallest absolute Gasteiger partial charge is 0.0476 e. The fourth-order valence-corrected chi connectivity index (χ4v) is 1.65. The van der Waals surface area contributed by atoms with Gasteiger partial charge in [0, 0.05) is 29.9 Å². The second kappa shape index (κ2) is 7.19. The first-order valence-corrected chi connectivity index (χ1v) is 6.27. The first-order chi connectivity index (χ1) is 7.22. The number of nitrogens with one attached hydrogen (secondary N) is 1. The summed E-state index contributed by atoms with van der Waals surface area (Å²) >= 11 is 2.32. The summed E-state index contributed by atoms with van der Waals surface area (Å²) in [4.78, 5) is 0. The number of rotatable bonds is 6. The van der Waals surface area contributed by atoms with Gasteiger partial charge in [-0.3, -0.25) is 0 Å². The monoisotopic (exact) mass is 319 g/mol. The standard InChI is InChI=1S/C12H18INO/c1-10(7-8-15-2)14-9-11-3-5-12(13)6-4-11/h3-6,10,14H,7-9H2,1-2H3. The molecule has 3 heteroatoms. The summed E-state index contributed by atoms with van der Waals surface area (Å²) in [6, 6.07) is 9.11. The molecule has 0 saturated carbocycles. The molecule has 0 bridgehead atoms. The van der Waals surface area contributed by atoms with E-state index in [2.05, 4.69) is 59.1 Å². The molecular weight excluding hydrogens is 301 g/mol. The third-order valence-electron chi connectivity index (χ3n) is 2.32. The molecule has 0 fully saturated rings. The number of halogens is 1. The van der Waals surface area contributed by atoms with Gasteiger partial charge in [0.1, 0.15) is 0 Å². The highest BCUT2D eigenvalue weighted by molar-refractivity contribution is 14.1. The highest BCUT2D eigenvalue weighted by Crippen LogP contribution is 2.06. The molecule has 0 radical (unpaired) electrons. The Morgan fingerprint density at radius 1 is 1.33 bits per heavy atom. The van der Waals surface area contributed by atoms with E-state index in [1.807, 2.05) is 0 Å². The van der Waals surface area contributed by atoms with E-state index in [0.29, 0.717) is 6.04 Å². The first-order valence-electron chi connectivity index (χ1n) is 5.19. The van der Waals surface area contributed by atoms with Gasteiger partial charge in [0.15, 0.2) is 0 Å². The summed E-state index contributed by atoms with van der Waals surface area (Å²) in [5, 5.41) is 3.47. The second-order valence-corrected chi connectivity index (χ2v) is 4.94. The maximum Gasteiger partial charge on any atom is 0.0476 e.